The minimum absolute atomic E-state index is 0.216. The second-order valence-corrected chi connectivity index (χ2v) is 5.51. The van der Waals surface area contributed by atoms with Crippen LogP contribution in [-0.2, 0) is 5.54 Å². The van der Waals surface area contributed by atoms with E-state index in [4.69, 9.17) is 10.5 Å². The fourth-order valence-electron chi connectivity index (χ4n) is 1.78. The Bertz CT molecular complexity index is 439. The minimum Gasteiger partial charge on any atom is -0.483 e. The number of hydrogen-bond donors (Lipinski definition) is 1. The van der Waals surface area contributed by atoms with Crippen molar-refractivity contribution in [3.63, 3.8) is 0 Å². The van der Waals surface area contributed by atoms with Crippen LogP contribution in [0.15, 0.2) is 24.3 Å². The molecule has 0 aliphatic carbocycles. The quantitative estimate of drug-likeness (QED) is 0.784. The molecule has 1 heterocycles. The number of ether oxygens (including phenoxy) is 1. The Kier molecular flexibility index (Phi) is 2.35. The number of fused-ring (bicyclic) bond motifs is 1. The highest BCUT2D eigenvalue weighted by Gasteiger charge is 2.23. The van der Waals surface area contributed by atoms with Gasteiger partial charge in [-0.25, -0.2) is 0 Å². The van der Waals surface area contributed by atoms with Gasteiger partial charge in [-0.3, -0.25) is 0 Å². The normalized spacial score (nSPS) is 17.8. The smallest absolute Gasteiger partial charge is 0.127 e. The van der Waals surface area contributed by atoms with E-state index in [1.165, 1.54) is 0 Å². The van der Waals surface area contributed by atoms with E-state index >= 15 is 0 Å². The lowest BCUT2D eigenvalue weighted by atomic mass is 9.92. The monoisotopic (exact) mass is 217 g/mol. The molecule has 86 valence electrons. The average molecular weight is 217 g/mol. The Morgan fingerprint density at radius 1 is 1.25 bits per heavy atom. The molecular weight excluding hydrogens is 198 g/mol. The lowest BCUT2D eigenvalue weighted by Crippen LogP contribution is -2.30. The van der Waals surface area contributed by atoms with Crippen molar-refractivity contribution in [3.05, 3.63) is 35.4 Å². The van der Waals surface area contributed by atoms with Crippen LogP contribution in [0, 0.1) is 0 Å². The van der Waals surface area contributed by atoms with Crippen molar-refractivity contribution < 1.29 is 4.74 Å². The summed E-state index contributed by atoms with van der Waals surface area (Å²) in [7, 11) is 0. The van der Waals surface area contributed by atoms with Gasteiger partial charge in [0.1, 0.15) is 11.4 Å². The largest absolute Gasteiger partial charge is 0.483 e. The molecule has 1 aliphatic heterocycles. The van der Waals surface area contributed by atoms with Crippen molar-refractivity contribution in [2.45, 2.75) is 38.8 Å². The molecule has 0 atom stereocenters. The Morgan fingerprint density at radius 2 is 1.94 bits per heavy atom. The molecule has 2 rings (SSSR count). The molecule has 16 heavy (non-hydrogen) atoms. The average Bonchev–Trinajstić information content (AvgIpc) is 2.14. The van der Waals surface area contributed by atoms with Crippen LogP contribution in [0.2, 0.25) is 0 Å². The highest BCUT2D eigenvalue weighted by atomic mass is 16.5. The van der Waals surface area contributed by atoms with Crippen LogP contribution in [-0.4, -0.2) is 5.60 Å². The second kappa shape index (κ2) is 3.36. The second-order valence-electron chi connectivity index (χ2n) is 5.51. The molecule has 0 aromatic heterocycles. The van der Waals surface area contributed by atoms with Gasteiger partial charge in [-0.05, 0) is 51.5 Å². The molecular formula is C14H19NO. The SMILES string of the molecule is CC1(C)C=Cc2cc(C(C)(C)N)ccc2O1. The number of hydrogen-bond acceptors (Lipinski definition) is 2. The molecule has 2 nitrogen and oxygen atoms in total. The third kappa shape index (κ3) is 2.12. The van der Waals surface area contributed by atoms with Crippen molar-refractivity contribution in [2.24, 2.45) is 5.73 Å². The van der Waals surface area contributed by atoms with Crippen molar-refractivity contribution in [3.8, 4) is 5.75 Å². The van der Waals surface area contributed by atoms with Crippen molar-refractivity contribution in [1.29, 1.82) is 0 Å². The zero-order valence-electron chi connectivity index (χ0n) is 10.4. The molecule has 2 heteroatoms. The molecule has 0 amide bonds. The summed E-state index contributed by atoms with van der Waals surface area (Å²) in [5.41, 5.74) is 7.78. The Hall–Kier alpha value is -1.28. The molecule has 0 fully saturated rings. The Morgan fingerprint density at radius 3 is 2.56 bits per heavy atom. The summed E-state index contributed by atoms with van der Waals surface area (Å²) >= 11 is 0. The van der Waals surface area contributed by atoms with Crippen LogP contribution in [0.5, 0.6) is 5.75 Å². The predicted octanol–water partition coefficient (Wildman–Crippen LogP) is 3.06. The summed E-state index contributed by atoms with van der Waals surface area (Å²) in [4.78, 5) is 0. The Balaban J connectivity index is 2.43. The van der Waals surface area contributed by atoms with Gasteiger partial charge < -0.3 is 10.5 Å². The molecule has 1 aromatic carbocycles. The molecule has 0 unspecified atom stereocenters. The lowest BCUT2D eigenvalue weighted by molar-refractivity contribution is 0.159. The van der Waals surface area contributed by atoms with Gasteiger partial charge in [-0.15, -0.1) is 0 Å². The van der Waals surface area contributed by atoms with E-state index in [0.717, 1.165) is 16.9 Å². The zero-order valence-corrected chi connectivity index (χ0v) is 10.4. The van der Waals surface area contributed by atoms with Gasteiger partial charge in [0.15, 0.2) is 0 Å². The van der Waals surface area contributed by atoms with Gasteiger partial charge in [-0.2, -0.15) is 0 Å². The molecule has 2 N–H and O–H groups in total. The van der Waals surface area contributed by atoms with Crippen LogP contribution in [0.1, 0.15) is 38.8 Å². The van der Waals surface area contributed by atoms with Gasteiger partial charge in [-0.1, -0.05) is 12.1 Å². The van der Waals surface area contributed by atoms with Gasteiger partial charge in [0.2, 0.25) is 0 Å². The summed E-state index contributed by atoms with van der Waals surface area (Å²) < 4.78 is 5.86. The van der Waals surface area contributed by atoms with E-state index < -0.39 is 0 Å². The zero-order chi connectivity index (χ0) is 12.0. The highest BCUT2D eigenvalue weighted by Crippen LogP contribution is 2.33. The molecule has 0 saturated carbocycles. The summed E-state index contributed by atoms with van der Waals surface area (Å²) in [6, 6.07) is 6.14. The van der Waals surface area contributed by atoms with Crippen molar-refractivity contribution in [2.75, 3.05) is 0 Å². The number of nitrogens with two attached hydrogens (primary N) is 1. The van der Waals surface area contributed by atoms with E-state index in [-0.39, 0.29) is 11.1 Å². The number of benzene rings is 1. The van der Waals surface area contributed by atoms with Gasteiger partial charge in [0, 0.05) is 11.1 Å². The van der Waals surface area contributed by atoms with E-state index in [0.29, 0.717) is 0 Å². The minimum atomic E-state index is -0.310. The summed E-state index contributed by atoms with van der Waals surface area (Å²) in [6.45, 7) is 8.11. The summed E-state index contributed by atoms with van der Waals surface area (Å²) in [5.74, 6) is 0.931. The maximum atomic E-state index is 6.08. The first kappa shape index (κ1) is 11.2. The highest BCUT2D eigenvalue weighted by molar-refractivity contribution is 5.62. The molecule has 0 radical (unpaired) electrons. The Labute approximate surface area is 97.1 Å². The first-order chi connectivity index (χ1) is 7.28. The van der Waals surface area contributed by atoms with E-state index in [1.54, 1.807) is 0 Å². The molecule has 1 aliphatic rings. The van der Waals surface area contributed by atoms with Gasteiger partial charge >= 0.3 is 0 Å². The molecule has 0 spiro atoms. The van der Waals surface area contributed by atoms with Crippen molar-refractivity contribution in [1.82, 2.24) is 0 Å². The first-order valence-corrected chi connectivity index (χ1v) is 5.60. The van der Waals surface area contributed by atoms with Crippen molar-refractivity contribution >= 4 is 6.08 Å². The maximum absolute atomic E-state index is 6.08. The molecule has 0 saturated heterocycles. The van der Waals surface area contributed by atoms with Crippen LogP contribution in [0.4, 0.5) is 0 Å². The third-order valence-electron chi connectivity index (χ3n) is 2.79. The standard InChI is InChI=1S/C14H19NO/c1-13(2)8-7-10-9-11(14(3,4)15)5-6-12(10)16-13/h5-9H,15H2,1-4H3. The van der Waals surface area contributed by atoms with Gasteiger partial charge in [0.05, 0.1) is 0 Å². The predicted molar refractivity (Wildman–Crippen MR) is 67.4 cm³/mol. The van der Waals surface area contributed by atoms with E-state index in [2.05, 4.69) is 18.2 Å². The first-order valence-electron chi connectivity index (χ1n) is 5.60. The van der Waals surface area contributed by atoms with Crippen LogP contribution < -0.4 is 10.5 Å². The summed E-state index contributed by atoms with van der Waals surface area (Å²) in [6.07, 6.45) is 4.18. The van der Waals surface area contributed by atoms with Crippen LogP contribution in [0.3, 0.4) is 0 Å². The summed E-state index contributed by atoms with van der Waals surface area (Å²) in [5, 5.41) is 0. The van der Waals surface area contributed by atoms with E-state index in [1.807, 2.05) is 39.8 Å². The topological polar surface area (TPSA) is 35.2 Å². The fraction of sp³-hybridized carbons (Fsp3) is 0.429. The van der Waals surface area contributed by atoms with Crippen LogP contribution >= 0.6 is 0 Å². The van der Waals surface area contributed by atoms with Crippen LogP contribution in [0.25, 0.3) is 6.08 Å². The maximum Gasteiger partial charge on any atom is 0.127 e. The number of rotatable bonds is 1. The molecule has 0 bridgehead atoms. The third-order valence-corrected chi connectivity index (χ3v) is 2.79. The lowest BCUT2D eigenvalue weighted by Gasteiger charge is -2.29. The van der Waals surface area contributed by atoms with E-state index in [9.17, 15) is 0 Å². The fourth-order valence-corrected chi connectivity index (χ4v) is 1.78. The molecule has 1 aromatic rings. The van der Waals surface area contributed by atoms with Gasteiger partial charge in [0.25, 0.3) is 0 Å².